The van der Waals surface area contributed by atoms with Crippen molar-refractivity contribution < 1.29 is 26.7 Å². The molecule has 2 rings (SSSR count). The van der Waals surface area contributed by atoms with Gasteiger partial charge in [-0.15, -0.1) is 0 Å². The molecule has 0 bridgehead atoms. The molecule has 0 saturated heterocycles. The SMILES string of the molecule is Nc1cc(OCC(F)(F)F)ccc1-c1cccc(F)c1F. The minimum Gasteiger partial charge on any atom is -0.484 e. The lowest BCUT2D eigenvalue weighted by Gasteiger charge is -2.12. The van der Waals surface area contributed by atoms with E-state index in [0.29, 0.717) is 0 Å². The van der Waals surface area contributed by atoms with Gasteiger partial charge in [-0.05, 0) is 18.2 Å². The summed E-state index contributed by atoms with van der Waals surface area (Å²) in [6, 6.07) is 7.20. The molecule has 0 aromatic heterocycles. The van der Waals surface area contributed by atoms with Gasteiger partial charge in [0.25, 0.3) is 0 Å². The molecule has 0 atom stereocenters. The Balaban J connectivity index is 2.29. The first-order valence-electron chi connectivity index (χ1n) is 5.81. The Labute approximate surface area is 116 Å². The molecule has 0 aliphatic carbocycles. The highest BCUT2D eigenvalue weighted by molar-refractivity contribution is 5.77. The van der Waals surface area contributed by atoms with Crippen LogP contribution in [0, 0.1) is 11.6 Å². The minimum absolute atomic E-state index is 0.0147. The summed E-state index contributed by atoms with van der Waals surface area (Å²) in [6.45, 7) is -1.46. The molecule has 0 aliphatic heterocycles. The summed E-state index contributed by atoms with van der Waals surface area (Å²) in [4.78, 5) is 0. The molecule has 7 heteroatoms. The normalized spacial score (nSPS) is 11.5. The molecule has 0 amide bonds. The van der Waals surface area contributed by atoms with Gasteiger partial charge in [-0.25, -0.2) is 8.78 Å². The van der Waals surface area contributed by atoms with Crippen LogP contribution in [0.15, 0.2) is 36.4 Å². The maximum absolute atomic E-state index is 13.7. The molecule has 2 N–H and O–H groups in total. The molecule has 112 valence electrons. The van der Waals surface area contributed by atoms with E-state index in [9.17, 15) is 22.0 Å². The van der Waals surface area contributed by atoms with E-state index in [1.807, 2.05) is 0 Å². The van der Waals surface area contributed by atoms with Crippen molar-refractivity contribution in [3.05, 3.63) is 48.0 Å². The quantitative estimate of drug-likeness (QED) is 0.683. The van der Waals surface area contributed by atoms with E-state index in [1.165, 1.54) is 24.3 Å². The molecule has 0 radical (unpaired) electrons. The van der Waals surface area contributed by atoms with E-state index in [4.69, 9.17) is 5.73 Å². The fourth-order valence-electron chi connectivity index (χ4n) is 1.75. The smallest absolute Gasteiger partial charge is 0.422 e. The van der Waals surface area contributed by atoms with Crippen molar-refractivity contribution in [2.45, 2.75) is 6.18 Å². The lowest BCUT2D eigenvalue weighted by molar-refractivity contribution is -0.153. The van der Waals surface area contributed by atoms with E-state index in [0.717, 1.165) is 12.1 Å². The lowest BCUT2D eigenvalue weighted by atomic mass is 10.0. The fraction of sp³-hybridized carbons (Fsp3) is 0.143. The van der Waals surface area contributed by atoms with Crippen molar-refractivity contribution in [2.75, 3.05) is 12.3 Å². The molecular formula is C14H10F5NO. The highest BCUT2D eigenvalue weighted by Crippen LogP contribution is 2.32. The van der Waals surface area contributed by atoms with Crippen molar-refractivity contribution in [1.29, 1.82) is 0 Å². The predicted octanol–water partition coefficient (Wildman–Crippen LogP) is 4.16. The zero-order valence-corrected chi connectivity index (χ0v) is 10.5. The van der Waals surface area contributed by atoms with Gasteiger partial charge < -0.3 is 10.5 Å². The van der Waals surface area contributed by atoms with Gasteiger partial charge in [-0.2, -0.15) is 13.2 Å². The van der Waals surface area contributed by atoms with Crippen LogP contribution in [-0.2, 0) is 0 Å². The standard InChI is InChI=1S/C14H10F5NO/c15-11-3-1-2-10(13(11)16)9-5-4-8(6-12(9)20)21-7-14(17,18)19/h1-6H,7,20H2. The van der Waals surface area contributed by atoms with E-state index < -0.39 is 24.4 Å². The molecule has 2 aromatic rings. The Morgan fingerprint density at radius 1 is 1.00 bits per heavy atom. The van der Waals surface area contributed by atoms with E-state index in [2.05, 4.69) is 4.74 Å². The topological polar surface area (TPSA) is 35.2 Å². The number of nitrogens with two attached hydrogens (primary N) is 1. The van der Waals surface area contributed by atoms with Gasteiger partial charge in [0, 0.05) is 22.9 Å². The number of benzene rings is 2. The molecule has 0 unspecified atom stereocenters. The van der Waals surface area contributed by atoms with Gasteiger partial charge in [-0.1, -0.05) is 12.1 Å². The van der Waals surface area contributed by atoms with Crippen LogP contribution in [0.5, 0.6) is 5.75 Å². The summed E-state index contributed by atoms with van der Waals surface area (Å²) < 4.78 is 67.5. The third-order valence-electron chi connectivity index (χ3n) is 2.67. The maximum Gasteiger partial charge on any atom is 0.422 e. The van der Waals surface area contributed by atoms with Crippen molar-refractivity contribution in [3.63, 3.8) is 0 Å². The third kappa shape index (κ3) is 3.62. The highest BCUT2D eigenvalue weighted by atomic mass is 19.4. The first kappa shape index (κ1) is 15.1. The molecule has 2 nitrogen and oxygen atoms in total. The second-order valence-corrected chi connectivity index (χ2v) is 4.25. The Kier molecular flexibility index (Phi) is 4.02. The molecule has 0 spiro atoms. The second kappa shape index (κ2) is 5.59. The Bertz CT molecular complexity index is 654. The monoisotopic (exact) mass is 303 g/mol. The lowest BCUT2D eigenvalue weighted by Crippen LogP contribution is -2.19. The molecule has 0 fully saturated rings. The summed E-state index contributed by atoms with van der Waals surface area (Å²) in [5.74, 6) is -2.22. The van der Waals surface area contributed by atoms with Crippen LogP contribution in [-0.4, -0.2) is 12.8 Å². The van der Waals surface area contributed by atoms with E-state index in [-0.39, 0.29) is 22.6 Å². The molecule has 21 heavy (non-hydrogen) atoms. The van der Waals surface area contributed by atoms with Crippen LogP contribution in [0.25, 0.3) is 11.1 Å². The number of hydrogen-bond donors (Lipinski definition) is 1. The van der Waals surface area contributed by atoms with E-state index in [1.54, 1.807) is 0 Å². The van der Waals surface area contributed by atoms with Gasteiger partial charge in [0.2, 0.25) is 0 Å². The second-order valence-electron chi connectivity index (χ2n) is 4.25. The van der Waals surface area contributed by atoms with Gasteiger partial charge in [0.15, 0.2) is 18.2 Å². The van der Waals surface area contributed by atoms with Gasteiger partial charge in [0.05, 0.1) is 0 Å². The summed E-state index contributed by atoms with van der Waals surface area (Å²) in [5.41, 5.74) is 5.75. The summed E-state index contributed by atoms with van der Waals surface area (Å²) in [7, 11) is 0. The zero-order valence-electron chi connectivity index (χ0n) is 10.5. The average Bonchev–Trinajstić information content (AvgIpc) is 2.39. The molecule has 0 heterocycles. The number of ether oxygens (including phenoxy) is 1. The highest BCUT2D eigenvalue weighted by Gasteiger charge is 2.28. The molecule has 2 aromatic carbocycles. The zero-order chi connectivity index (χ0) is 15.6. The van der Waals surface area contributed by atoms with Crippen LogP contribution in [0.4, 0.5) is 27.6 Å². The fourth-order valence-corrected chi connectivity index (χ4v) is 1.75. The van der Waals surface area contributed by atoms with Crippen molar-refractivity contribution in [2.24, 2.45) is 0 Å². The molecule has 0 aliphatic rings. The third-order valence-corrected chi connectivity index (χ3v) is 2.67. The Morgan fingerprint density at radius 2 is 1.71 bits per heavy atom. The van der Waals surface area contributed by atoms with Crippen LogP contribution >= 0.6 is 0 Å². The number of alkyl halides is 3. The first-order chi connectivity index (χ1) is 9.78. The number of anilines is 1. The number of rotatable bonds is 3. The van der Waals surface area contributed by atoms with Crippen LogP contribution < -0.4 is 10.5 Å². The van der Waals surface area contributed by atoms with Crippen molar-refractivity contribution in [3.8, 4) is 16.9 Å². The molecule has 0 saturated carbocycles. The summed E-state index contributed by atoms with van der Waals surface area (Å²) in [5, 5.41) is 0. The van der Waals surface area contributed by atoms with E-state index >= 15 is 0 Å². The van der Waals surface area contributed by atoms with Gasteiger partial charge in [-0.3, -0.25) is 0 Å². The maximum atomic E-state index is 13.7. The number of halogens is 5. The Hall–Kier alpha value is -2.31. The van der Waals surface area contributed by atoms with Crippen molar-refractivity contribution in [1.82, 2.24) is 0 Å². The van der Waals surface area contributed by atoms with Crippen LogP contribution in [0.2, 0.25) is 0 Å². The predicted molar refractivity (Wildman–Crippen MR) is 67.8 cm³/mol. The summed E-state index contributed by atoms with van der Waals surface area (Å²) in [6.07, 6.45) is -4.47. The number of hydrogen-bond acceptors (Lipinski definition) is 2. The van der Waals surface area contributed by atoms with Gasteiger partial charge >= 0.3 is 6.18 Å². The van der Waals surface area contributed by atoms with Crippen LogP contribution in [0.3, 0.4) is 0 Å². The largest absolute Gasteiger partial charge is 0.484 e. The first-order valence-corrected chi connectivity index (χ1v) is 5.81. The minimum atomic E-state index is -4.47. The summed E-state index contributed by atoms with van der Waals surface area (Å²) >= 11 is 0. The Morgan fingerprint density at radius 3 is 2.33 bits per heavy atom. The number of nitrogen functional groups attached to an aromatic ring is 1. The van der Waals surface area contributed by atoms with Crippen LogP contribution in [0.1, 0.15) is 0 Å². The molecular weight excluding hydrogens is 293 g/mol. The average molecular weight is 303 g/mol. The van der Waals surface area contributed by atoms with Gasteiger partial charge in [0.1, 0.15) is 5.75 Å². The van der Waals surface area contributed by atoms with Crippen molar-refractivity contribution >= 4 is 5.69 Å².